The number of aryl methyl sites for hydroxylation is 1. The molecule has 1 unspecified atom stereocenters. The molecule has 0 spiro atoms. The van der Waals surface area contributed by atoms with Crippen molar-refractivity contribution in [3.63, 3.8) is 0 Å². The molecule has 0 aliphatic carbocycles. The quantitative estimate of drug-likeness (QED) is 0.789. The Morgan fingerprint density at radius 1 is 1.50 bits per heavy atom. The van der Waals surface area contributed by atoms with Gasteiger partial charge in [-0.3, -0.25) is 9.69 Å². The molecule has 0 radical (unpaired) electrons. The van der Waals surface area contributed by atoms with Gasteiger partial charge in [0.05, 0.1) is 25.3 Å². The van der Waals surface area contributed by atoms with Crippen LogP contribution in [0, 0.1) is 0 Å². The molecule has 6 heteroatoms. The van der Waals surface area contributed by atoms with E-state index in [9.17, 15) is 4.79 Å². The van der Waals surface area contributed by atoms with Crippen molar-refractivity contribution in [3.8, 4) is 0 Å². The molecule has 20 heavy (non-hydrogen) atoms. The molecule has 1 aromatic heterocycles. The normalized spacial score (nSPS) is 21.6. The molecule has 1 aliphatic rings. The van der Waals surface area contributed by atoms with Gasteiger partial charge in [0.25, 0.3) is 0 Å². The van der Waals surface area contributed by atoms with Crippen molar-refractivity contribution in [1.29, 1.82) is 0 Å². The van der Waals surface area contributed by atoms with Crippen molar-refractivity contribution in [1.82, 2.24) is 14.8 Å². The van der Waals surface area contributed by atoms with Crippen LogP contribution in [0.3, 0.4) is 0 Å². The second-order valence-corrected chi connectivity index (χ2v) is 6.26. The average molecular weight is 297 g/mol. The zero-order valence-corrected chi connectivity index (χ0v) is 13.3. The Bertz CT molecular complexity index is 449. The molecule has 0 aromatic carbocycles. The van der Waals surface area contributed by atoms with Gasteiger partial charge in [-0.2, -0.15) is 0 Å². The van der Waals surface area contributed by atoms with E-state index in [-0.39, 0.29) is 5.97 Å². The second kappa shape index (κ2) is 7.15. The van der Waals surface area contributed by atoms with E-state index in [4.69, 9.17) is 4.98 Å². The maximum Gasteiger partial charge on any atom is 0.305 e. The monoisotopic (exact) mass is 297 g/mol. The summed E-state index contributed by atoms with van der Waals surface area (Å²) < 4.78 is 4.66. The Balaban J connectivity index is 2.01. The Morgan fingerprint density at radius 2 is 2.30 bits per heavy atom. The molecule has 1 aliphatic heterocycles. The Hall–Kier alpha value is -0.980. The smallest absolute Gasteiger partial charge is 0.305 e. The number of ether oxygens (including phenoxy) is 1. The summed E-state index contributed by atoms with van der Waals surface area (Å²) in [6.07, 6.45) is 2.26. The van der Waals surface area contributed by atoms with E-state index < -0.39 is 0 Å². The number of likely N-dealkylation sites (N-methyl/N-ethyl adjacent to an activating group) is 2. The molecule has 0 saturated carbocycles. The highest BCUT2D eigenvalue weighted by Crippen LogP contribution is 2.26. The number of carbonyl (C=O) groups excluding carboxylic acids is 1. The minimum absolute atomic E-state index is 0.175. The van der Waals surface area contributed by atoms with Crippen LogP contribution < -0.4 is 0 Å². The van der Waals surface area contributed by atoms with Gasteiger partial charge in [0.2, 0.25) is 0 Å². The number of carbonyl (C=O) groups is 1. The largest absolute Gasteiger partial charge is 0.469 e. The van der Waals surface area contributed by atoms with Crippen LogP contribution in [0.25, 0.3) is 0 Å². The van der Waals surface area contributed by atoms with Gasteiger partial charge in [0.1, 0.15) is 5.01 Å². The van der Waals surface area contributed by atoms with E-state index in [1.165, 1.54) is 13.5 Å². The lowest BCUT2D eigenvalue weighted by Gasteiger charge is -2.25. The van der Waals surface area contributed by atoms with Crippen LogP contribution in [0.15, 0.2) is 5.38 Å². The number of aromatic nitrogens is 1. The van der Waals surface area contributed by atoms with Crippen molar-refractivity contribution in [3.05, 3.63) is 16.1 Å². The first-order valence-corrected chi connectivity index (χ1v) is 7.88. The summed E-state index contributed by atoms with van der Waals surface area (Å²) in [5.74, 6) is -0.175. The molecule has 0 amide bonds. The number of thiazole rings is 1. The molecule has 1 saturated heterocycles. The van der Waals surface area contributed by atoms with Gasteiger partial charge in [-0.1, -0.05) is 0 Å². The molecule has 112 valence electrons. The maximum absolute atomic E-state index is 11.2. The molecule has 1 atom stereocenters. The van der Waals surface area contributed by atoms with E-state index in [1.807, 2.05) is 0 Å². The topological polar surface area (TPSA) is 45.7 Å². The molecule has 2 heterocycles. The minimum Gasteiger partial charge on any atom is -0.469 e. The number of methoxy groups -OCH3 is 1. The van der Waals surface area contributed by atoms with Gasteiger partial charge in [-0.05, 0) is 33.6 Å². The number of esters is 1. The Kier molecular flexibility index (Phi) is 5.51. The first kappa shape index (κ1) is 15.4. The van der Waals surface area contributed by atoms with Gasteiger partial charge in [-0.25, -0.2) is 4.98 Å². The first-order valence-electron chi connectivity index (χ1n) is 7.00. The fourth-order valence-corrected chi connectivity index (χ4v) is 3.47. The van der Waals surface area contributed by atoms with Crippen LogP contribution in [0.2, 0.25) is 0 Å². The average Bonchev–Trinajstić information content (AvgIpc) is 2.83. The number of rotatable bonds is 4. The number of hydrogen-bond donors (Lipinski definition) is 0. The van der Waals surface area contributed by atoms with E-state index in [0.29, 0.717) is 18.9 Å². The SMILES string of the molecule is COC(=O)CCc1csc(C2CN(C)CCCN2C)n1. The van der Waals surface area contributed by atoms with Crippen LogP contribution >= 0.6 is 11.3 Å². The summed E-state index contributed by atoms with van der Waals surface area (Å²) in [4.78, 5) is 20.6. The zero-order chi connectivity index (χ0) is 14.5. The van der Waals surface area contributed by atoms with Gasteiger partial charge < -0.3 is 9.64 Å². The minimum atomic E-state index is -0.175. The van der Waals surface area contributed by atoms with E-state index in [1.54, 1.807) is 11.3 Å². The van der Waals surface area contributed by atoms with Gasteiger partial charge in [0, 0.05) is 18.3 Å². The van der Waals surface area contributed by atoms with Crippen LogP contribution in [0.5, 0.6) is 0 Å². The predicted molar refractivity (Wildman–Crippen MR) is 79.9 cm³/mol. The van der Waals surface area contributed by atoms with Crippen molar-refractivity contribution in [2.24, 2.45) is 0 Å². The molecule has 0 bridgehead atoms. The van der Waals surface area contributed by atoms with Gasteiger partial charge >= 0.3 is 5.97 Å². The second-order valence-electron chi connectivity index (χ2n) is 5.37. The fourth-order valence-electron chi connectivity index (χ4n) is 2.46. The molecule has 0 N–H and O–H groups in total. The molecule has 1 aromatic rings. The van der Waals surface area contributed by atoms with Crippen molar-refractivity contribution in [2.45, 2.75) is 25.3 Å². The highest BCUT2D eigenvalue weighted by atomic mass is 32.1. The van der Waals surface area contributed by atoms with Gasteiger partial charge in [-0.15, -0.1) is 11.3 Å². The Labute approximate surface area is 124 Å². The highest BCUT2D eigenvalue weighted by molar-refractivity contribution is 7.09. The third-order valence-corrected chi connectivity index (χ3v) is 4.73. The lowest BCUT2D eigenvalue weighted by atomic mass is 10.2. The summed E-state index contributed by atoms with van der Waals surface area (Å²) in [7, 11) is 5.75. The molecule has 5 nitrogen and oxygen atoms in total. The van der Waals surface area contributed by atoms with Crippen LogP contribution in [-0.4, -0.2) is 61.6 Å². The third-order valence-electron chi connectivity index (χ3n) is 3.73. The first-order chi connectivity index (χ1) is 9.60. The number of nitrogens with zero attached hydrogens (tertiary/aromatic N) is 3. The van der Waals surface area contributed by atoms with Crippen molar-refractivity contribution < 1.29 is 9.53 Å². The summed E-state index contributed by atoms with van der Waals surface area (Å²) in [5.41, 5.74) is 0.996. The van der Waals surface area contributed by atoms with Crippen LogP contribution in [0.1, 0.15) is 29.6 Å². The van der Waals surface area contributed by atoms with Crippen molar-refractivity contribution in [2.75, 3.05) is 40.8 Å². The molecule has 2 rings (SSSR count). The van der Waals surface area contributed by atoms with E-state index in [2.05, 4.69) is 34.0 Å². The number of hydrogen-bond acceptors (Lipinski definition) is 6. The van der Waals surface area contributed by atoms with Gasteiger partial charge in [0.15, 0.2) is 0 Å². The van der Waals surface area contributed by atoms with Crippen LogP contribution in [0.4, 0.5) is 0 Å². The maximum atomic E-state index is 11.2. The van der Waals surface area contributed by atoms with E-state index >= 15 is 0 Å². The third kappa shape index (κ3) is 4.01. The standard InChI is InChI=1S/C14H23N3O2S/c1-16-7-4-8-17(2)12(9-16)14-15-11(10-20-14)5-6-13(18)19-3/h10,12H,4-9H2,1-3H3. The fraction of sp³-hybridized carbons (Fsp3) is 0.714. The van der Waals surface area contributed by atoms with E-state index in [0.717, 1.165) is 30.3 Å². The predicted octanol–water partition coefficient (Wildman–Crippen LogP) is 1.56. The highest BCUT2D eigenvalue weighted by Gasteiger charge is 2.24. The zero-order valence-electron chi connectivity index (χ0n) is 12.5. The molecular weight excluding hydrogens is 274 g/mol. The lowest BCUT2D eigenvalue weighted by Crippen LogP contribution is -2.30. The molecule has 1 fully saturated rings. The Morgan fingerprint density at radius 3 is 3.05 bits per heavy atom. The van der Waals surface area contributed by atoms with Crippen LogP contribution in [-0.2, 0) is 16.0 Å². The lowest BCUT2D eigenvalue weighted by molar-refractivity contribution is -0.140. The summed E-state index contributed by atoms with van der Waals surface area (Å²) in [6, 6.07) is 0.361. The summed E-state index contributed by atoms with van der Waals surface area (Å²) in [5, 5.41) is 3.22. The van der Waals surface area contributed by atoms with Crippen molar-refractivity contribution >= 4 is 17.3 Å². The summed E-state index contributed by atoms with van der Waals surface area (Å²) in [6.45, 7) is 3.26. The summed E-state index contributed by atoms with van der Waals surface area (Å²) >= 11 is 1.70. The molecular formula is C14H23N3O2S.